The Morgan fingerprint density at radius 2 is 1.77 bits per heavy atom. The molecule has 1 unspecified atom stereocenters. The van der Waals surface area contributed by atoms with Crippen LogP contribution in [0.15, 0.2) is 54.6 Å². The van der Waals surface area contributed by atoms with E-state index in [1.54, 1.807) is 0 Å². The number of nitro benzene ring substituents is 1. The highest BCUT2D eigenvalue weighted by atomic mass is 16.6. The molecule has 0 radical (unpaired) electrons. The molecule has 0 saturated carbocycles. The van der Waals surface area contributed by atoms with Crippen LogP contribution in [0, 0.1) is 10.1 Å². The summed E-state index contributed by atoms with van der Waals surface area (Å²) in [4.78, 5) is 22.3. The Kier molecular flexibility index (Phi) is 5.21. The van der Waals surface area contributed by atoms with Crippen molar-refractivity contribution in [1.82, 2.24) is 5.32 Å². The third-order valence-corrected chi connectivity index (χ3v) is 3.27. The standard InChI is InChI=1S/C16H16N2O4/c19-11-10-15(12-4-2-1-3-5-12)17-16(20)13-6-8-14(9-7-13)18(21)22/h1-9,15,19H,10-11H2,(H,17,20). The molecule has 2 N–H and O–H groups in total. The van der Waals surface area contributed by atoms with E-state index in [1.807, 2.05) is 30.3 Å². The van der Waals surface area contributed by atoms with Crippen LogP contribution in [0.4, 0.5) is 5.69 Å². The topological polar surface area (TPSA) is 92.5 Å². The molecule has 0 aliphatic carbocycles. The third kappa shape index (κ3) is 3.89. The summed E-state index contributed by atoms with van der Waals surface area (Å²) in [5, 5.41) is 22.6. The molecule has 0 aliphatic heterocycles. The lowest BCUT2D eigenvalue weighted by Crippen LogP contribution is -2.29. The van der Waals surface area contributed by atoms with E-state index in [-0.39, 0.29) is 24.2 Å². The molecular weight excluding hydrogens is 284 g/mol. The Morgan fingerprint density at radius 3 is 2.32 bits per heavy atom. The van der Waals surface area contributed by atoms with E-state index in [2.05, 4.69) is 5.32 Å². The molecule has 0 heterocycles. The number of carbonyl (C=O) groups excluding carboxylic acids is 1. The Hall–Kier alpha value is -2.73. The lowest BCUT2D eigenvalue weighted by molar-refractivity contribution is -0.384. The predicted molar refractivity (Wildman–Crippen MR) is 81.4 cm³/mol. The van der Waals surface area contributed by atoms with Crippen molar-refractivity contribution in [3.63, 3.8) is 0 Å². The smallest absolute Gasteiger partial charge is 0.269 e. The summed E-state index contributed by atoms with van der Waals surface area (Å²) in [6.45, 7) is -0.0555. The van der Waals surface area contributed by atoms with Gasteiger partial charge in [0.1, 0.15) is 0 Å². The minimum absolute atomic E-state index is 0.0555. The molecule has 22 heavy (non-hydrogen) atoms. The van der Waals surface area contributed by atoms with Gasteiger partial charge in [0.05, 0.1) is 11.0 Å². The Morgan fingerprint density at radius 1 is 1.14 bits per heavy atom. The first-order chi connectivity index (χ1) is 10.6. The first kappa shape index (κ1) is 15.7. The molecule has 0 aromatic heterocycles. The average molecular weight is 300 g/mol. The molecular formula is C16H16N2O4. The molecule has 2 aromatic rings. The number of non-ortho nitro benzene ring substituents is 1. The predicted octanol–water partition coefficient (Wildman–Crippen LogP) is 2.45. The molecule has 0 bridgehead atoms. The van der Waals surface area contributed by atoms with Gasteiger partial charge in [-0.1, -0.05) is 30.3 Å². The summed E-state index contributed by atoms with van der Waals surface area (Å²) >= 11 is 0. The molecule has 0 aliphatic rings. The average Bonchev–Trinajstić information content (AvgIpc) is 2.55. The van der Waals surface area contributed by atoms with Gasteiger partial charge in [-0.2, -0.15) is 0 Å². The van der Waals surface area contributed by atoms with E-state index in [0.29, 0.717) is 12.0 Å². The fourth-order valence-electron chi connectivity index (χ4n) is 2.11. The second-order valence-corrected chi connectivity index (χ2v) is 4.75. The summed E-state index contributed by atoms with van der Waals surface area (Å²) in [7, 11) is 0. The number of hydrogen-bond acceptors (Lipinski definition) is 4. The summed E-state index contributed by atoms with van der Waals surface area (Å²) in [6, 6.07) is 14.4. The van der Waals surface area contributed by atoms with Crippen molar-refractivity contribution in [3.8, 4) is 0 Å². The third-order valence-electron chi connectivity index (χ3n) is 3.27. The summed E-state index contributed by atoms with van der Waals surface area (Å²) in [5.41, 5.74) is 1.17. The number of benzene rings is 2. The number of amides is 1. The van der Waals surface area contributed by atoms with Crippen LogP contribution in [-0.4, -0.2) is 22.5 Å². The van der Waals surface area contributed by atoms with E-state index in [1.165, 1.54) is 24.3 Å². The maximum absolute atomic E-state index is 12.2. The first-order valence-electron chi connectivity index (χ1n) is 6.83. The van der Waals surface area contributed by atoms with Gasteiger partial charge in [0, 0.05) is 24.3 Å². The Labute approximate surface area is 127 Å². The highest BCUT2D eigenvalue weighted by molar-refractivity contribution is 5.94. The Balaban J connectivity index is 2.12. The normalized spacial score (nSPS) is 11.7. The molecule has 6 nitrogen and oxygen atoms in total. The zero-order valence-corrected chi connectivity index (χ0v) is 11.8. The van der Waals surface area contributed by atoms with Gasteiger partial charge in [-0.25, -0.2) is 0 Å². The molecule has 0 saturated heterocycles. The molecule has 1 atom stereocenters. The van der Waals surface area contributed by atoms with Crippen LogP contribution < -0.4 is 5.32 Å². The van der Waals surface area contributed by atoms with E-state index in [0.717, 1.165) is 5.56 Å². The van der Waals surface area contributed by atoms with Gasteiger partial charge in [0.2, 0.25) is 0 Å². The number of nitrogens with one attached hydrogen (secondary N) is 1. The number of aliphatic hydroxyl groups excluding tert-OH is 1. The van der Waals surface area contributed by atoms with Gasteiger partial charge in [0.15, 0.2) is 0 Å². The number of carbonyl (C=O) groups is 1. The second kappa shape index (κ2) is 7.33. The fraction of sp³-hybridized carbons (Fsp3) is 0.188. The lowest BCUT2D eigenvalue weighted by atomic mass is 10.0. The van der Waals surface area contributed by atoms with Crippen LogP contribution in [0.1, 0.15) is 28.4 Å². The minimum atomic E-state index is -0.514. The molecule has 6 heteroatoms. The van der Waals surface area contributed by atoms with E-state index in [4.69, 9.17) is 5.11 Å². The van der Waals surface area contributed by atoms with Gasteiger partial charge in [-0.3, -0.25) is 14.9 Å². The quantitative estimate of drug-likeness (QED) is 0.633. The van der Waals surface area contributed by atoms with Crippen LogP contribution in [0.2, 0.25) is 0 Å². The van der Waals surface area contributed by atoms with Crippen molar-refractivity contribution in [2.45, 2.75) is 12.5 Å². The highest BCUT2D eigenvalue weighted by Gasteiger charge is 2.16. The van der Waals surface area contributed by atoms with Crippen molar-refractivity contribution in [3.05, 3.63) is 75.8 Å². The first-order valence-corrected chi connectivity index (χ1v) is 6.83. The van der Waals surface area contributed by atoms with Gasteiger partial charge >= 0.3 is 0 Å². The number of nitrogens with zero attached hydrogens (tertiary/aromatic N) is 1. The molecule has 1 amide bonds. The van der Waals surface area contributed by atoms with Crippen LogP contribution in [0.5, 0.6) is 0 Å². The van der Waals surface area contributed by atoms with Crippen molar-refractivity contribution in [1.29, 1.82) is 0 Å². The molecule has 2 rings (SSSR count). The van der Waals surface area contributed by atoms with Crippen LogP contribution in [-0.2, 0) is 0 Å². The maximum Gasteiger partial charge on any atom is 0.269 e. The summed E-state index contributed by atoms with van der Waals surface area (Å²) in [6.07, 6.45) is 0.392. The van der Waals surface area contributed by atoms with E-state index >= 15 is 0 Å². The molecule has 0 fully saturated rings. The maximum atomic E-state index is 12.2. The highest BCUT2D eigenvalue weighted by Crippen LogP contribution is 2.18. The fourth-order valence-corrected chi connectivity index (χ4v) is 2.11. The second-order valence-electron chi connectivity index (χ2n) is 4.75. The van der Waals surface area contributed by atoms with Gasteiger partial charge < -0.3 is 10.4 Å². The Bertz CT molecular complexity index is 641. The zero-order chi connectivity index (χ0) is 15.9. The number of nitro groups is 1. The van der Waals surface area contributed by atoms with Crippen LogP contribution in [0.3, 0.4) is 0 Å². The zero-order valence-electron chi connectivity index (χ0n) is 11.8. The van der Waals surface area contributed by atoms with Gasteiger partial charge in [0.25, 0.3) is 11.6 Å². The molecule has 0 spiro atoms. The van der Waals surface area contributed by atoms with Gasteiger partial charge in [-0.05, 0) is 24.1 Å². The molecule has 2 aromatic carbocycles. The molecule has 114 valence electrons. The number of aliphatic hydroxyl groups is 1. The van der Waals surface area contributed by atoms with Crippen molar-refractivity contribution in [2.24, 2.45) is 0 Å². The van der Waals surface area contributed by atoms with Gasteiger partial charge in [-0.15, -0.1) is 0 Å². The monoisotopic (exact) mass is 300 g/mol. The summed E-state index contributed by atoms with van der Waals surface area (Å²) in [5.74, 6) is -0.336. The van der Waals surface area contributed by atoms with E-state index in [9.17, 15) is 14.9 Å². The summed E-state index contributed by atoms with van der Waals surface area (Å²) < 4.78 is 0. The number of hydrogen-bond donors (Lipinski definition) is 2. The number of rotatable bonds is 6. The minimum Gasteiger partial charge on any atom is -0.396 e. The largest absolute Gasteiger partial charge is 0.396 e. The van der Waals surface area contributed by atoms with Crippen LogP contribution in [0.25, 0.3) is 0 Å². The van der Waals surface area contributed by atoms with Crippen molar-refractivity contribution >= 4 is 11.6 Å². The van der Waals surface area contributed by atoms with Crippen molar-refractivity contribution < 1.29 is 14.8 Å². The van der Waals surface area contributed by atoms with E-state index < -0.39 is 4.92 Å². The lowest BCUT2D eigenvalue weighted by Gasteiger charge is -2.18. The van der Waals surface area contributed by atoms with Crippen molar-refractivity contribution in [2.75, 3.05) is 6.61 Å². The van der Waals surface area contributed by atoms with Crippen LogP contribution >= 0.6 is 0 Å². The SMILES string of the molecule is O=C(NC(CCO)c1ccccc1)c1ccc([N+](=O)[O-])cc1.